The molecule has 2 aromatic heterocycles. The van der Waals surface area contributed by atoms with E-state index in [1.807, 2.05) is 0 Å². The Kier molecular flexibility index (Phi) is 7.19. The zero-order chi connectivity index (χ0) is 26.6. The van der Waals surface area contributed by atoms with Crippen LogP contribution in [-0.2, 0) is 22.5 Å². The van der Waals surface area contributed by atoms with Gasteiger partial charge in [0.25, 0.3) is 0 Å². The summed E-state index contributed by atoms with van der Waals surface area (Å²) in [6, 6.07) is 2.12. The van der Waals surface area contributed by atoms with Crippen LogP contribution in [0.5, 0.6) is 0 Å². The Morgan fingerprint density at radius 1 is 1.06 bits per heavy atom. The molecule has 12 heteroatoms. The predicted molar refractivity (Wildman–Crippen MR) is 139 cm³/mol. The minimum Gasteiger partial charge on any atom is -0.414 e. The summed E-state index contributed by atoms with van der Waals surface area (Å²) in [4.78, 5) is 22.2. The van der Waals surface area contributed by atoms with E-state index in [-0.39, 0.29) is 45.9 Å². The number of nitrogen functional groups attached to an aromatic ring is 1. The average molecular weight is 532 g/mol. The number of hydrogen-bond acceptors (Lipinski definition) is 9. The first-order valence-electron chi connectivity index (χ1n) is 12.6. The molecule has 4 rings (SSSR count). The van der Waals surface area contributed by atoms with Gasteiger partial charge in [0.05, 0.1) is 17.6 Å². The molecule has 0 spiro atoms. The summed E-state index contributed by atoms with van der Waals surface area (Å²) in [7, 11) is -5.73. The van der Waals surface area contributed by atoms with Gasteiger partial charge in [-0.1, -0.05) is 55.4 Å². The van der Waals surface area contributed by atoms with Crippen molar-refractivity contribution in [2.24, 2.45) is 0 Å². The minimum absolute atomic E-state index is 0.0845. The van der Waals surface area contributed by atoms with E-state index >= 15 is 0 Å². The zero-order valence-corrected chi connectivity index (χ0v) is 24.3. The molecule has 0 aliphatic carbocycles. The third kappa shape index (κ3) is 4.02. The van der Waals surface area contributed by atoms with E-state index in [1.54, 1.807) is 10.8 Å². The fourth-order valence-corrected chi connectivity index (χ4v) is 16.7. The summed E-state index contributed by atoms with van der Waals surface area (Å²) in [6.45, 7) is 17.2. The number of carbonyl (C=O) groups is 1. The largest absolute Gasteiger partial charge is 0.414 e. The number of nitrogens with two attached hydrogens (primary N) is 1. The van der Waals surface area contributed by atoms with E-state index in [0.29, 0.717) is 11.0 Å². The molecule has 3 atom stereocenters. The topological polar surface area (TPSA) is 135 Å². The first kappa shape index (κ1) is 26.9. The van der Waals surface area contributed by atoms with Crippen LogP contribution in [0.3, 0.4) is 0 Å². The maximum absolute atomic E-state index is 13.9. The van der Waals surface area contributed by atoms with E-state index in [4.69, 9.17) is 23.4 Å². The fourth-order valence-electron chi connectivity index (χ4n) is 5.59. The summed E-state index contributed by atoms with van der Waals surface area (Å²) in [5.74, 6) is -0.0670. The monoisotopic (exact) mass is 531 g/mol. The van der Waals surface area contributed by atoms with Crippen LogP contribution in [-0.4, -0.2) is 56.3 Å². The number of nitriles is 1. The molecule has 0 bridgehead atoms. The molecule has 10 nitrogen and oxygen atoms in total. The first-order valence-corrected chi connectivity index (χ1v) is 16.6. The molecule has 2 aliphatic rings. The van der Waals surface area contributed by atoms with Gasteiger partial charge in [-0.25, -0.2) is 9.97 Å². The molecule has 2 aromatic rings. The lowest BCUT2D eigenvalue weighted by Crippen LogP contribution is -2.65. The molecule has 2 saturated heterocycles. The van der Waals surface area contributed by atoms with Gasteiger partial charge in [-0.05, 0) is 22.2 Å². The van der Waals surface area contributed by atoms with Crippen molar-refractivity contribution in [1.82, 2.24) is 14.5 Å². The number of anilines is 1. The second-order valence-corrected chi connectivity index (χ2v) is 19.8. The lowest BCUT2D eigenvalue weighted by molar-refractivity contribution is -0.130. The highest BCUT2D eigenvalue weighted by Crippen LogP contribution is 2.48. The normalized spacial score (nSPS) is 26.0. The van der Waals surface area contributed by atoms with Crippen LogP contribution in [0.4, 0.5) is 5.82 Å². The number of Topliss-reactive ketones (excluding diaryl/α,β-unsaturated/α-hetero) is 1. The Bertz CT molecular complexity index is 1180. The summed E-state index contributed by atoms with van der Waals surface area (Å²) in [5, 5.41) is 10.1. The van der Waals surface area contributed by atoms with Gasteiger partial charge in [-0.15, -0.1) is 0 Å². The average Bonchev–Trinajstić information content (AvgIpc) is 3.31. The standard InChI is InChI=1S/C24H37N5O5Si2/c1-13(2)35(14(3)4)31-11-18-21(33-36(34-35,15(5)6)16(7)8)20(30)24(32-18)29-10-17(9-25)19-22(26)27-12-28-23(19)29/h10,12-16,18,21,24H,11H2,1-8H3,(H2,26,27,28)/t18-,21+,24?/m1/s1. The zero-order valence-electron chi connectivity index (χ0n) is 22.3. The fraction of sp³-hybridized carbons (Fsp3) is 0.667. The van der Waals surface area contributed by atoms with Gasteiger partial charge in [-0.3, -0.25) is 9.36 Å². The third-order valence-corrected chi connectivity index (χ3v) is 17.7. The lowest BCUT2D eigenvalue weighted by atomic mass is 10.1. The first-order chi connectivity index (χ1) is 16.9. The Hall–Kier alpha value is -2.15. The Labute approximate surface area is 214 Å². The lowest BCUT2D eigenvalue weighted by Gasteiger charge is -2.50. The predicted octanol–water partition coefficient (Wildman–Crippen LogP) is 4.31. The van der Waals surface area contributed by atoms with Gasteiger partial charge in [0.1, 0.15) is 36.1 Å². The Balaban J connectivity index is 1.82. The van der Waals surface area contributed by atoms with Crippen molar-refractivity contribution in [2.45, 2.75) is 96.0 Å². The highest BCUT2D eigenvalue weighted by atomic mass is 28.5. The maximum Gasteiger partial charge on any atom is 0.335 e. The number of nitrogens with zero attached hydrogens (tertiary/aromatic N) is 4. The van der Waals surface area contributed by atoms with Crippen molar-refractivity contribution >= 4 is 39.8 Å². The Morgan fingerprint density at radius 3 is 2.22 bits per heavy atom. The van der Waals surface area contributed by atoms with Crippen LogP contribution in [0.15, 0.2) is 12.5 Å². The van der Waals surface area contributed by atoms with Crippen LogP contribution in [0, 0.1) is 11.3 Å². The number of fused-ring (bicyclic) bond motifs is 2. The molecule has 2 aliphatic heterocycles. The van der Waals surface area contributed by atoms with Crippen LogP contribution < -0.4 is 5.73 Å². The molecule has 2 N–H and O–H groups in total. The van der Waals surface area contributed by atoms with Crippen LogP contribution in [0.25, 0.3) is 11.0 Å². The quantitative estimate of drug-likeness (QED) is 0.560. The molecule has 2 fully saturated rings. The number of rotatable bonds is 5. The van der Waals surface area contributed by atoms with Gasteiger partial charge in [-0.2, -0.15) is 5.26 Å². The number of ether oxygens (including phenoxy) is 1. The van der Waals surface area contributed by atoms with E-state index in [0.717, 1.165) is 0 Å². The number of aromatic nitrogens is 3. The van der Waals surface area contributed by atoms with E-state index in [2.05, 4.69) is 71.4 Å². The molecular weight excluding hydrogens is 494 g/mol. The van der Waals surface area contributed by atoms with Crippen molar-refractivity contribution in [1.29, 1.82) is 5.26 Å². The van der Waals surface area contributed by atoms with E-state index in [9.17, 15) is 10.1 Å². The second-order valence-electron chi connectivity index (χ2n) is 11.0. The summed E-state index contributed by atoms with van der Waals surface area (Å²) < 4.78 is 28.7. The number of carbonyl (C=O) groups excluding carboxylic acids is 1. The third-order valence-electron chi connectivity index (χ3n) is 7.50. The summed E-state index contributed by atoms with van der Waals surface area (Å²) in [6.07, 6.45) is 0.375. The van der Waals surface area contributed by atoms with E-state index in [1.165, 1.54) is 6.33 Å². The van der Waals surface area contributed by atoms with Crippen LogP contribution in [0.2, 0.25) is 22.2 Å². The SMILES string of the molecule is CC(C)[Si]1(C(C)C)OC[C@H]2OC(n3cc(C#N)c4c(N)ncnc43)C(=O)[C@H]2O[Si](C(C)C)(C(C)C)O1. The molecule has 4 heterocycles. The maximum atomic E-state index is 13.9. The van der Waals surface area contributed by atoms with Crippen molar-refractivity contribution in [2.75, 3.05) is 12.3 Å². The highest BCUT2D eigenvalue weighted by molar-refractivity contribution is 6.84. The molecule has 0 radical (unpaired) electrons. The summed E-state index contributed by atoms with van der Waals surface area (Å²) >= 11 is 0. The van der Waals surface area contributed by atoms with Crippen LogP contribution >= 0.6 is 0 Å². The number of hydrogen-bond donors (Lipinski definition) is 1. The molecule has 0 amide bonds. The van der Waals surface area contributed by atoms with Crippen molar-refractivity contribution in [3.05, 3.63) is 18.1 Å². The molecule has 0 saturated carbocycles. The minimum atomic E-state index is -2.97. The molecule has 36 heavy (non-hydrogen) atoms. The number of ketones is 1. The van der Waals surface area contributed by atoms with Gasteiger partial charge >= 0.3 is 17.1 Å². The van der Waals surface area contributed by atoms with Crippen molar-refractivity contribution in [3.8, 4) is 6.07 Å². The van der Waals surface area contributed by atoms with Gasteiger partial charge in [0, 0.05) is 6.20 Å². The Morgan fingerprint density at radius 2 is 1.67 bits per heavy atom. The molecule has 1 unspecified atom stereocenters. The van der Waals surface area contributed by atoms with Gasteiger partial charge in [0.15, 0.2) is 6.23 Å². The molecule has 196 valence electrons. The van der Waals surface area contributed by atoms with Crippen molar-refractivity contribution < 1.29 is 22.5 Å². The smallest absolute Gasteiger partial charge is 0.335 e. The second kappa shape index (κ2) is 9.62. The highest BCUT2D eigenvalue weighted by Gasteiger charge is 2.61. The van der Waals surface area contributed by atoms with Crippen molar-refractivity contribution in [3.63, 3.8) is 0 Å². The van der Waals surface area contributed by atoms with E-state index < -0.39 is 35.6 Å². The molecular formula is C24H37N5O5Si2. The van der Waals surface area contributed by atoms with Gasteiger partial charge < -0.3 is 23.4 Å². The molecule has 0 aromatic carbocycles. The van der Waals surface area contributed by atoms with Crippen LogP contribution in [0.1, 0.15) is 67.2 Å². The summed E-state index contributed by atoms with van der Waals surface area (Å²) in [5.41, 5.74) is 7.22. The van der Waals surface area contributed by atoms with Gasteiger partial charge in [0.2, 0.25) is 5.78 Å².